The van der Waals surface area contributed by atoms with Crippen LogP contribution in [0.3, 0.4) is 0 Å². The van der Waals surface area contributed by atoms with E-state index in [2.05, 4.69) is 10.1 Å². The number of aliphatic hydroxyl groups excluding tert-OH is 1. The Kier molecular flexibility index (Phi) is 4.01. The van der Waals surface area contributed by atoms with E-state index in [1.807, 2.05) is 6.92 Å². The number of hydrogen-bond donors (Lipinski definition) is 1. The lowest BCUT2D eigenvalue weighted by Gasteiger charge is -2.04. The minimum Gasteiger partial charge on any atom is -0.393 e. The van der Waals surface area contributed by atoms with Crippen molar-refractivity contribution in [3.63, 3.8) is 0 Å². The zero-order valence-electron chi connectivity index (χ0n) is 10.4. The van der Waals surface area contributed by atoms with Gasteiger partial charge in [0.2, 0.25) is 5.89 Å². The van der Waals surface area contributed by atoms with Gasteiger partial charge in [0, 0.05) is 5.92 Å². The summed E-state index contributed by atoms with van der Waals surface area (Å²) in [6, 6.07) is 0. The molecule has 7 heteroatoms. The van der Waals surface area contributed by atoms with Crippen LogP contribution in [-0.2, 0) is 16.3 Å². The van der Waals surface area contributed by atoms with Crippen molar-refractivity contribution in [1.29, 1.82) is 0 Å². The SMILES string of the molecule is CCCC(O)Cc1nc(C2CCS(=O)(=O)C2)no1. The molecule has 2 rings (SSSR count). The van der Waals surface area contributed by atoms with Gasteiger partial charge in [0.15, 0.2) is 15.7 Å². The van der Waals surface area contributed by atoms with Gasteiger partial charge in [-0.15, -0.1) is 0 Å². The third kappa shape index (κ3) is 3.29. The van der Waals surface area contributed by atoms with E-state index >= 15 is 0 Å². The highest BCUT2D eigenvalue weighted by molar-refractivity contribution is 7.91. The molecule has 2 atom stereocenters. The first-order chi connectivity index (χ1) is 8.50. The molecule has 1 saturated heterocycles. The van der Waals surface area contributed by atoms with Crippen molar-refractivity contribution in [2.75, 3.05) is 11.5 Å². The number of nitrogens with zero attached hydrogens (tertiary/aromatic N) is 2. The van der Waals surface area contributed by atoms with Gasteiger partial charge in [-0.1, -0.05) is 18.5 Å². The summed E-state index contributed by atoms with van der Waals surface area (Å²) in [7, 11) is -2.94. The van der Waals surface area contributed by atoms with Crippen molar-refractivity contribution in [2.45, 2.75) is 44.6 Å². The first kappa shape index (κ1) is 13.5. The van der Waals surface area contributed by atoms with Crippen LogP contribution in [0, 0.1) is 0 Å². The average molecular weight is 274 g/mol. The first-order valence-corrected chi connectivity index (χ1v) is 8.03. The smallest absolute Gasteiger partial charge is 0.229 e. The predicted molar refractivity (Wildman–Crippen MR) is 64.9 cm³/mol. The second-order valence-corrected chi connectivity index (χ2v) is 7.02. The summed E-state index contributed by atoms with van der Waals surface area (Å²) in [5.41, 5.74) is 0. The molecule has 1 aromatic rings. The van der Waals surface area contributed by atoms with Gasteiger partial charge in [-0.25, -0.2) is 8.42 Å². The van der Waals surface area contributed by atoms with Gasteiger partial charge in [0.1, 0.15) is 0 Å². The highest BCUT2D eigenvalue weighted by Gasteiger charge is 2.32. The monoisotopic (exact) mass is 274 g/mol. The summed E-state index contributed by atoms with van der Waals surface area (Å²) in [5.74, 6) is 0.976. The summed E-state index contributed by atoms with van der Waals surface area (Å²) >= 11 is 0. The van der Waals surface area contributed by atoms with Crippen LogP contribution in [0.25, 0.3) is 0 Å². The van der Waals surface area contributed by atoms with Gasteiger partial charge in [-0.3, -0.25) is 0 Å². The fourth-order valence-corrected chi connectivity index (χ4v) is 3.89. The Bertz CT molecular complexity index is 497. The predicted octanol–water partition coefficient (Wildman–Crippen LogP) is 0.675. The maximum Gasteiger partial charge on any atom is 0.229 e. The van der Waals surface area contributed by atoms with Gasteiger partial charge in [0.05, 0.1) is 24.0 Å². The Labute approximate surface area is 106 Å². The Morgan fingerprint density at radius 1 is 1.56 bits per heavy atom. The molecule has 1 N–H and O–H groups in total. The zero-order chi connectivity index (χ0) is 13.2. The van der Waals surface area contributed by atoms with Gasteiger partial charge >= 0.3 is 0 Å². The summed E-state index contributed by atoms with van der Waals surface area (Å²) in [6.07, 6.45) is 1.99. The third-order valence-electron chi connectivity index (χ3n) is 3.11. The number of hydrogen-bond acceptors (Lipinski definition) is 6. The lowest BCUT2D eigenvalue weighted by atomic mass is 10.1. The number of rotatable bonds is 5. The van der Waals surface area contributed by atoms with Crippen molar-refractivity contribution in [3.8, 4) is 0 Å². The van der Waals surface area contributed by atoms with Crippen LogP contribution in [0.5, 0.6) is 0 Å². The van der Waals surface area contributed by atoms with E-state index in [1.54, 1.807) is 0 Å². The summed E-state index contributed by atoms with van der Waals surface area (Å²) in [4.78, 5) is 4.18. The first-order valence-electron chi connectivity index (χ1n) is 6.21. The highest BCUT2D eigenvalue weighted by atomic mass is 32.2. The summed E-state index contributed by atoms with van der Waals surface area (Å²) in [6.45, 7) is 1.99. The molecule has 0 saturated carbocycles. The lowest BCUT2D eigenvalue weighted by Crippen LogP contribution is -2.10. The van der Waals surface area contributed by atoms with Gasteiger partial charge < -0.3 is 9.63 Å². The largest absolute Gasteiger partial charge is 0.393 e. The van der Waals surface area contributed by atoms with E-state index in [0.717, 1.165) is 6.42 Å². The Hall–Kier alpha value is -0.950. The van der Waals surface area contributed by atoms with Crippen LogP contribution in [0.15, 0.2) is 4.52 Å². The lowest BCUT2D eigenvalue weighted by molar-refractivity contribution is 0.151. The van der Waals surface area contributed by atoms with Crippen LogP contribution in [0.1, 0.15) is 43.8 Å². The van der Waals surface area contributed by atoms with Gasteiger partial charge in [-0.05, 0) is 12.8 Å². The second kappa shape index (κ2) is 5.36. The summed E-state index contributed by atoms with van der Waals surface area (Å²) in [5, 5.41) is 13.5. The van der Waals surface area contributed by atoms with Crippen LogP contribution in [0.2, 0.25) is 0 Å². The van der Waals surface area contributed by atoms with E-state index in [0.29, 0.717) is 31.0 Å². The molecule has 0 aromatic carbocycles. The van der Waals surface area contributed by atoms with Crippen molar-refractivity contribution >= 4 is 9.84 Å². The molecule has 0 amide bonds. The van der Waals surface area contributed by atoms with Crippen molar-refractivity contribution in [1.82, 2.24) is 10.1 Å². The minimum atomic E-state index is -2.94. The zero-order valence-corrected chi connectivity index (χ0v) is 11.2. The van der Waals surface area contributed by atoms with Crippen molar-refractivity contribution in [2.24, 2.45) is 0 Å². The molecule has 1 aromatic heterocycles. The molecule has 0 bridgehead atoms. The third-order valence-corrected chi connectivity index (χ3v) is 4.88. The number of aliphatic hydroxyl groups is 1. The Balaban J connectivity index is 1.98. The van der Waals surface area contributed by atoms with Crippen molar-refractivity contribution in [3.05, 3.63) is 11.7 Å². The molecule has 0 spiro atoms. The topological polar surface area (TPSA) is 93.3 Å². The maximum atomic E-state index is 11.4. The molecule has 0 aliphatic carbocycles. The fraction of sp³-hybridized carbons (Fsp3) is 0.818. The molecule has 0 radical (unpaired) electrons. The van der Waals surface area contributed by atoms with E-state index in [9.17, 15) is 13.5 Å². The van der Waals surface area contributed by atoms with Crippen LogP contribution >= 0.6 is 0 Å². The van der Waals surface area contributed by atoms with E-state index in [1.165, 1.54) is 0 Å². The molecule has 1 aliphatic heterocycles. The van der Waals surface area contributed by atoms with Crippen molar-refractivity contribution < 1.29 is 18.0 Å². The Morgan fingerprint density at radius 3 is 2.94 bits per heavy atom. The Morgan fingerprint density at radius 2 is 2.33 bits per heavy atom. The van der Waals surface area contributed by atoms with E-state index in [4.69, 9.17) is 4.52 Å². The normalized spacial score (nSPS) is 24.2. The minimum absolute atomic E-state index is 0.101. The van der Waals surface area contributed by atoms with Crippen LogP contribution < -0.4 is 0 Å². The number of aromatic nitrogens is 2. The molecule has 1 fully saturated rings. The molecular formula is C11H18N2O4S. The maximum absolute atomic E-state index is 11.4. The molecule has 6 nitrogen and oxygen atoms in total. The quantitative estimate of drug-likeness (QED) is 0.848. The molecule has 18 heavy (non-hydrogen) atoms. The van der Waals surface area contributed by atoms with Crippen LogP contribution in [-0.4, -0.2) is 41.3 Å². The average Bonchev–Trinajstić information content (AvgIpc) is 2.85. The fourth-order valence-electron chi connectivity index (χ4n) is 2.15. The van der Waals surface area contributed by atoms with E-state index in [-0.39, 0.29) is 17.4 Å². The molecule has 2 heterocycles. The van der Waals surface area contributed by atoms with Crippen LogP contribution in [0.4, 0.5) is 0 Å². The van der Waals surface area contributed by atoms with Gasteiger partial charge in [-0.2, -0.15) is 4.98 Å². The molecular weight excluding hydrogens is 256 g/mol. The molecule has 2 unspecified atom stereocenters. The number of sulfone groups is 1. The molecule has 102 valence electrons. The van der Waals surface area contributed by atoms with E-state index < -0.39 is 15.9 Å². The van der Waals surface area contributed by atoms with Gasteiger partial charge in [0.25, 0.3) is 0 Å². The highest BCUT2D eigenvalue weighted by Crippen LogP contribution is 2.26. The second-order valence-electron chi connectivity index (χ2n) is 4.79. The standard InChI is InChI=1S/C11H18N2O4S/c1-2-3-9(14)6-10-12-11(13-17-10)8-4-5-18(15,16)7-8/h8-9,14H,2-7H2,1H3. The summed E-state index contributed by atoms with van der Waals surface area (Å²) < 4.78 is 27.8. The molecule has 1 aliphatic rings.